The maximum atomic E-state index is 11.8. The van der Waals surface area contributed by atoms with Gasteiger partial charge < -0.3 is 10.6 Å². The maximum Gasteiger partial charge on any atom is 0.220 e. The highest BCUT2D eigenvalue weighted by molar-refractivity contribution is 5.85. The van der Waals surface area contributed by atoms with Crippen LogP contribution in [0.4, 0.5) is 0 Å². The largest absolute Gasteiger partial charge is 0.356 e. The van der Waals surface area contributed by atoms with Crippen LogP contribution in [0.2, 0.25) is 0 Å². The minimum absolute atomic E-state index is 0. The molecule has 2 rings (SSSR count). The summed E-state index contributed by atoms with van der Waals surface area (Å²) in [6.07, 6.45) is 7.22. The normalized spacial score (nSPS) is 25.7. The van der Waals surface area contributed by atoms with Crippen LogP contribution in [0.1, 0.15) is 45.4 Å². The Hall–Kier alpha value is -0.280. The van der Waals surface area contributed by atoms with Crippen LogP contribution in [-0.4, -0.2) is 25.5 Å². The number of hydrogen-bond donors (Lipinski definition) is 2. The average Bonchev–Trinajstić information content (AvgIpc) is 2.28. The van der Waals surface area contributed by atoms with Crippen molar-refractivity contribution < 1.29 is 4.79 Å². The van der Waals surface area contributed by atoms with Crippen LogP contribution in [0.25, 0.3) is 0 Å². The van der Waals surface area contributed by atoms with Gasteiger partial charge in [-0.15, -0.1) is 12.4 Å². The zero-order valence-electron chi connectivity index (χ0n) is 11.4. The maximum absolute atomic E-state index is 11.8. The Bertz CT molecular complexity index is 250. The summed E-state index contributed by atoms with van der Waals surface area (Å²) in [7, 11) is 0. The first-order valence-corrected chi connectivity index (χ1v) is 7.23. The summed E-state index contributed by atoms with van der Waals surface area (Å²) in [5.74, 6) is 2.24. The minimum Gasteiger partial charge on any atom is -0.356 e. The first-order chi connectivity index (χ1) is 8.25. The smallest absolute Gasteiger partial charge is 0.220 e. The van der Waals surface area contributed by atoms with Gasteiger partial charge in [0.1, 0.15) is 0 Å². The Kier molecular flexibility index (Phi) is 7.02. The molecule has 0 radical (unpaired) electrons. The molecule has 2 aliphatic rings. The molecule has 4 heteroatoms. The van der Waals surface area contributed by atoms with Gasteiger partial charge in [0.2, 0.25) is 5.91 Å². The van der Waals surface area contributed by atoms with Crippen molar-refractivity contribution in [2.75, 3.05) is 19.6 Å². The van der Waals surface area contributed by atoms with Crippen LogP contribution in [-0.2, 0) is 4.79 Å². The number of carbonyl (C=O) groups is 1. The van der Waals surface area contributed by atoms with Gasteiger partial charge in [-0.3, -0.25) is 4.79 Å². The predicted octanol–water partition coefficient (Wildman–Crippen LogP) is 2.35. The van der Waals surface area contributed by atoms with E-state index in [0.717, 1.165) is 25.6 Å². The van der Waals surface area contributed by atoms with E-state index in [4.69, 9.17) is 0 Å². The van der Waals surface area contributed by atoms with Crippen LogP contribution in [0.3, 0.4) is 0 Å². The summed E-state index contributed by atoms with van der Waals surface area (Å²) in [6.45, 7) is 5.38. The van der Waals surface area contributed by atoms with Gasteiger partial charge >= 0.3 is 0 Å². The Balaban J connectivity index is 0.00000162. The summed E-state index contributed by atoms with van der Waals surface area (Å²) < 4.78 is 0. The molecule has 2 N–H and O–H groups in total. The number of hydrogen-bond acceptors (Lipinski definition) is 2. The molecule has 1 saturated heterocycles. The second-order valence-electron chi connectivity index (χ2n) is 5.89. The number of piperidine rings is 1. The van der Waals surface area contributed by atoms with E-state index in [2.05, 4.69) is 17.6 Å². The van der Waals surface area contributed by atoms with E-state index in [1.165, 1.54) is 32.1 Å². The van der Waals surface area contributed by atoms with Crippen LogP contribution in [0.5, 0.6) is 0 Å². The molecule has 1 aliphatic heterocycles. The lowest BCUT2D eigenvalue weighted by Gasteiger charge is -2.29. The molecular formula is C14H27ClN2O. The number of halogens is 1. The third-order valence-corrected chi connectivity index (χ3v) is 4.46. The van der Waals surface area contributed by atoms with Crippen molar-refractivity contribution in [2.24, 2.45) is 17.8 Å². The molecule has 3 nitrogen and oxygen atoms in total. The highest BCUT2D eigenvalue weighted by atomic mass is 35.5. The molecule has 1 aliphatic carbocycles. The Morgan fingerprint density at radius 3 is 2.67 bits per heavy atom. The summed E-state index contributed by atoms with van der Waals surface area (Å²) in [4.78, 5) is 11.8. The Morgan fingerprint density at radius 1 is 1.33 bits per heavy atom. The molecule has 0 aromatic rings. The number of rotatable bonds is 5. The lowest BCUT2D eigenvalue weighted by atomic mass is 9.84. The fraction of sp³-hybridized carbons (Fsp3) is 0.929. The molecule has 1 saturated carbocycles. The number of nitrogens with one attached hydrogen (secondary N) is 2. The van der Waals surface area contributed by atoms with Crippen LogP contribution < -0.4 is 10.6 Å². The third-order valence-electron chi connectivity index (χ3n) is 4.46. The average molecular weight is 275 g/mol. The molecule has 2 unspecified atom stereocenters. The number of carbonyl (C=O) groups excluding carboxylic acids is 1. The van der Waals surface area contributed by atoms with Crippen molar-refractivity contribution in [3.05, 3.63) is 0 Å². The summed E-state index contributed by atoms with van der Waals surface area (Å²) in [5, 5.41) is 6.52. The van der Waals surface area contributed by atoms with E-state index < -0.39 is 0 Å². The van der Waals surface area contributed by atoms with Crippen molar-refractivity contribution in [3.8, 4) is 0 Å². The summed E-state index contributed by atoms with van der Waals surface area (Å²) in [5.41, 5.74) is 0. The lowest BCUT2D eigenvalue weighted by Crippen LogP contribution is -2.37. The van der Waals surface area contributed by atoms with Crippen LogP contribution in [0, 0.1) is 17.8 Å². The third kappa shape index (κ3) is 4.77. The first kappa shape index (κ1) is 15.8. The zero-order chi connectivity index (χ0) is 12.1. The second-order valence-corrected chi connectivity index (χ2v) is 5.89. The second kappa shape index (κ2) is 8.00. The molecule has 1 heterocycles. The highest BCUT2D eigenvalue weighted by Gasteiger charge is 2.23. The molecule has 2 atom stereocenters. The molecule has 18 heavy (non-hydrogen) atoms. The Morgan fingerprint density at radius 2 is 2.11 bits per heavy atom. The quantitative estimate of drug-likeness (QED) is 0.808. The Labute approximate surface area is 117 Å². The molecule has 2 fully saturated rings. The van der Waals surface area contributed by atoms with Gasteiger partial charge in [-0.2, -0.15) is 0 Å². The highest BCUT2D eigenvalue weighted by Crippen LogP contribution is 2.25. The van der Waals surface area contributed by atoms with Gasteiger partial charge in [0.25, 0.3) is 0 Å². The van der Waals surface area contributed by atoms with Crippen molar-refractivity contribution in [1.82, 2.24) is 10.6 Å². The summed E-state index contributed by atoms with van der Waals surface area (Å²) >= 11 is 0. The van der Waals surface area contributed by atoms with E-state index >= 15 is 0 Å². The fourth-order valence-electron chi connectivity index (χ4n) is 2.85. The van der Waals surface area contributed by atoms with Gasteiger partial charge in [0.15, 0.2) is 0 Å². The van der Waals surface area contributed by atoms with Gasteiger partial charge in [-0.25, -0.2) is 0 Å². The fourth-order valence-corrected chi connectivity index (χ4v) is 2.85. The van der Waals surface area contributed by atoms with E-state index in [9.17, 15) is 4.79 Å². The lowest BCUT2D eigenvalue weighted by molar-refractivity contribution is -0.122. The van der Waals surface area contributed by atoms with E-state index in [1.807, 2.05) is 0 Å². The monoisotopic (exact) mass is 274 g/mol. The zero-order valence-corrected chi connectivity index (χ0v) is 12.2. The van der Waals surface area contributed by atoms with Crippen molar-refractivity contribution in [2.45, 2.75) is 45.4 Å². The number of amides is 1. The van der Waals surface area contributed by atoms with Gasteiger partial charge in [0, 0.05) is 13.0 Å². The molecule has 0 bridgehead atoms. The SMILES string of the molecule is CC(CC(=O)NCC1CCC1)C1CCCNC1.Cl. The standard InChI is InChI=1S/C14H26N2O.ClH/c1-11(13-6-3-7-15-10-13)8-14(17)16-9-12-4-2-5-12;/h11-13,15H,2-10H2,1H3,(H,16,17);1H. The van der Waals surface area contributed by atoms with E-state index in [1.54, 1.807) is 0 Å². The molecular weight excluding hydrogens is 248 g/mol. The molecule has 1 amide bonds. The van der Waals surface area contributed by atoms with Crippen LogP contribution in [0.15, 0.2) is 0 Å². The van der Waals surface area contributed by atoms with Crippen LogP contribution >= 0.6 is 12.4 Å². The van der Waals surface area contributed by atoms with Crippen molar-refractivity contribution in [3.63, 3.8) is 0 Å². The van der Waals surface area contributed by atoms with Gasteiger partial charge in [-0.05, 0) is 56.5 Å². The predicted molar refractivity (Wildman–Crippen MR) is 77.0 cm³/mol. The molecule has 0 spiro atoms. The topological polar surface area (TPSA) is 41.1 Å². The molecule has 106 valence electrons. The minimum atomic E-state index is 0. The van der Waals surface area contributed by atoms with Gasteiger partial charge in [-0.1, -0.05) is 13.3 Å². The van der Waals surface area contributed by atoms with E-state index in [0.29, 0.717) is 18.3 Å². The van der Waals surface area contributed by atoms with Crippen molar-refractivity contribution in [1.29, 1.82) is 0 Å². The first-order valence-electron chi connectivity index (χ1n) is 7.23. The van der Waals surface area contributed by atoms with Gasteiger partial charge in [0.05, 0.1) is 0 Å². The summed E-state index contributed by atoms with van der Waals surface area (Å²) in [6, 6.07) is 0. The van der Waals surface area contributed by atoms with Crippen molar-refractivity contribution >= 4 is 18.3 Å². The molecule has 0 aromatic carbocycles. The molecule has 0 aromatic heterocycles. The van der Waals surface area contributed by atoms with E-state index in [-0.39, 0.29) is 18.3 Å².